The number of rotatable bonds is 5. The highest BCUT2D eigenvalue weighted by atomic mass is 31.2. The average Bonchev–Trinajstić information content (AvgIpc) is 3.12. The maximum atomic E-state index is 15.0. The first-order valence-electron chi connectivity index (χ1n) is 14.9. The summed E-state index contributed by atoms with van der Waals surface area (Å²) in [6.45, 7) is 0. The van der Waals surface area contributed by atoms with Crippen LogP contribution in [0.1, 0.15) is 0 Å². The number of aromatic nitrogens is 2. The summed E-state index contributed by atoms with van der Waals surface area (Å²) in [5.74, 6) is 1.92. The third kappa shape index (κ3) is 4.86. The van der Waals surface area contributed by atoms with Crippen molar-refractivity contribution in [2.75, 3.05) is 0 Å². The van der Waals surface area contributed by atoms with E-state index in [-0.39, 0.29) is 0 Å². The fourth-order valence-electron chi connectivity index (χ4n) is 5.93. The molecule has 1 aliphatic heterocycles. The molecule has 0 N–H and O–H groups in total. The van der Waals surface area contributed by atoms with E-state index in [1.54, 1.807) is 0 Å². The van der Waals surface area contributed by atoms with Gasteiger partial charge in [-0.3, -0.25) is 0 Å². The smallest absolute Gasteiger partial charge is 0.178 e. The summed E-state index contributed by atoms with van der Waals surface area (Å²) in [4.78, 5) is 9.94. The van der Waals surface area contributed by atoms with Gasteiger partial charge in [-0.1, -0.05) is 127 Å². The van der Waals surface area contributed by atoms with Gasteiger partial charge in [0, 0.05) is 22.0 Å². The van der Waals surface area contributed by atoms with Crippen molar-refractivity contribution in [3.8, 4) is 56.5 Å². The van der Waals surface area contributed by atoms with Crippen LogP contribution in [0.5, 0.6) is 11.5 Å². The molecule has 0 saturated heterocycles. The Bertz CT molecular complexity index is 2160. The van der Waals surface area contributed by atoms with E-state index in [1.165, 1.54) is 0 Å². The Kier molecular flexibility index (Phi) is 6.70. The van der Waals surface area contributed by atoms with Crippen LogP contribution in [0, 0.1) is 0 Å². The second kappa shape index (κ2) is 11.2. The highest BCUT2D eigenvalue weighted by Crippen LogP contribution is 2.52. The van der Waals surface area contributed by atoms with Crippen molar-refractivity contribution in [1.82, 2.24) is 9.97 Å². The number of hydrogen-bond acceptors (Lipinski definition) is 4. The summed E-state index contributed by atoms with van der Waals surface area (Å²) in [6.07, 6.45) is 0. The molecule has 8 rings (SSSR count). The summed E-state index contributed by atoms with van der Waals surface area (Å²) in [5, 5.41) is 2.23. The first kappa shape index (κ1) is 27.0. The number of ether oxygens (including phenoxy) is 1. The SMILES string of the molecule is O=P1(c2ccccc2)c2ccccc2Oc2cc(-c3cccc(-c4cc(-c5ccccc5)nc(-c5ccccc5)n4)c3)ccc21. The van der Waals surface area contributed by atoms with Crippen LogP contribution >= 0.6 is 7.14 Å². The molecule has 0 radical (unpaired) electrons. The number of hydrogen-bond donors (Lipinski definition) is 0. The number of benzene rings is 6. The molecule has 0 fully saturated rings. The van der Waals surface area contributed by atoms with Crippen molar-refractivity contribution >= 4 is 23.1 Å². The van der Waals surface area contributed by atoms with Crippen LogP contribution in [0.3, 0.4) is 0 Å². The zero-order valence-electron chi connectivity index (χ0n) is 24.2. The van der Waals surface area contributed by atoms with Crippen molar-refractivity contribution < 1.29 is 9.30 Å². The molecule has 1 unspecified atom stereocenters. The van der Waals surface area contributed by atoms with Gasteiger partial charge in [0.2, 0.25) is 0 Å². The van der Waals surface area contributed by atoms with Gasteiger partial charge in [0.1, 0.15) is 11.5 Å². The molecule has 0 amide bonds. The van der Waals surface area contributed by atoms with Gasteiger partial charge in [-0.15, -0.1) is 0 Å². The molecule has 4 nitrogen and oxygen atoms in total. The molecule has 7 aromatic rings. The lowest BCUT2D eigenvalue weighted by molar-refractivity contribution is 0.485. The van der Waals surface area contributed by atoms with E-state index in [4.69, 9.17) is 14.7 Å². The second-order valence-corrected chi connectivity index (χ2v) is 13.7. The first-order valence-corrected chi connectivity index (χ1v) is 16.6. The van der Waals surface area contributed by atoms with Gasteiger partial charge in [-0.2, -0.15) is 0 Å². The maximum absolute atomic E-state index is 15.0. The van der Waals surface area contributed by atoms with Crippen LogP contribution in [0.15, 0.2) is 164 Å². The Labute approximate surface area is 262 Å². The van der Waals surface area contributed by atoms with Crippen LogP contribution in [-0.2, 0) is 4.57 Å². The summed E-state index contributed by atoms with van der Waals surface area (Å²) in [6, 6.07) is 54.0. The van der Waals surface area contributed by atoms with Crippen LogP contribution in [0.2, 0.25) is 0 Å². The molecule has 1 atom stereocenters. The van der Waals surface area contributed by atoms with Crippen LogP contribution in [0.4, 0.5) is 0 Å². The second-order valence-electron chi connectivity index (χ2n) is 11.0. The lowest BCUT2D eigenvalue weighted by Gasteiger charge is -2.29. The molecule has 0 spiro atoms. The zero-order chi connectivity index (χ0) is 30.2. The van der Waals surface area contributed by atoms with Gasteiger partial charge < -0.3 is 9.30 Å². The summed E-state index contributed by atoms with van der Waals surface area (Å²) < 4.78 is 21.4. The third-order valence-corrected chi connectivity index (χ3v) is 11.3. The topological polar surface area (TPSA) is 52.1 Å². The Morgan fingerprint density at radius 2 is 0.978 bits per heavy atom. The average molecular weight is 599 g/mol. The Morgan fingerprint density at radius 3 is 1.73 bits per heavy atom. The van der Waals surface area contributed by atoms with E-state index in [0.29, 0.717) is 22.6 Å². The highest BCUT2D eigenvalue weighted by Gasteiger charge is 2.39. The van der Waals surface area contributed by atoms with Crippen LogP contribution < -0.4 is 20.7 Å². The van der Waals surface area contributed by atoms with Crippen molar-refractivity contribution in [2.24, 2.45) is 0 Å². The van der Waals surface area contributed by atoms with Gasteiger partial charge in [0.15, 0.2) is 13.0 Å². The summed E-state index contributed by atoms with van der Waals surface area (Å²) in [7, 11) is -3.13. The predicted octanol–water partition coefficient (Wildman–Crippen LogP) is 8.89. The van der Waals surface area contributed by atoms with Crippen molar-refractivity contribution in [3.05, 3.63) is 164 Å². The Balaban J connectivity index is 1.23. The normalized spacial score (nSPS) is 15.0. The molecule has 0 bridgehead atoms. The van der Waals surface area contributed by atoms with Gasteiger partial charge in [-0.05, 0) is 47.5 Å². The van der Waals surface area contributed by atoms with Crippen molar-refractivity contribution in [2.45, 2.75) is 0 Å². The first-order chi connectivity index (χ1) is 22.2. The molecule has 2 heterocycles. The van der Waals surface area contributed by atoms with E-state index in [9.17, 15) is 4.57 Å². The molecule has 1 aliphatic rings. The molecule has 214 valence electrons. The molecule has 1 aromatic heterocycles. The summed E-state index contributed by atoms with van der Waals surface area (Å²) >= 11 is 0. The van der Waals surface area contributed by atoms with Crippen LogP contribution in [0.25, 0.3) is 45.0 Å². The Hall–Kier alpha value is -5.57. The minimum absolute atomic E-state index is 0.614. The lowest BCUT2D eigenvalue weighted by atomic mass is 10.0. The maximum Gasteiger partial charge on any atom is 0.178 e. The van der Waals surface area contributed by atoms with Gasteiger partial charge >= 0.3 is 0 Å². The molecule has 0 saturated carbocycles. The largest absolute Gasteiger partial charge is 0.456 e. The zero-order valence-corrected chi connectivity index (χ0v) is 25.1. The monoisotopic (exact) mass is 598 g/mol. The third-order valence-electron chi connectivity index (χ3n) is 8.16. The molecular formula is C40H27N2O2P. The van der Waals surface area contributed by atoms with E-state index >= 15 is 0 Å². The number of fused-ring (bicyclic) bond motifs is 2. The molecule has 45 heavy (non-hydrogen) atoms. The van der Waals surface area contributed by atoms with E-state index in [1.807, 2.05) is 133 Å². The van der Waals surface area contributed by atoms with Crippen molar-refractivity contribution in [1.29, 1.82) is 0 Å². The molecule has 0 aliphatic carbocycles. The molecule has 6 aromatic carbocycles. The fraction of sp³-hybridized carbons (Fsp3) is 0. The Morgan fingerprint density at radius 1 is 0.422 bits per heavy atom. The van der Waals surface area contributed by atoms with Gasteiger partial charge in [-0.25, -0.2) is 9.97 Å². The summed E-state index contributed by atoms with van der Waals surface area (Å²) in [5.41, 5.74) is 6.64. The minimum Gasteiger partial charge on any atom is -0.456 e. The van der Waals surface area contributed by atoms with Gasteiger partial charge in [0.25, 0.3) is 0 Å². The number of nitrogens with zero attached hydrogens (tertiary/aromatic N) is 2. The van der Waals surface area contributed by atoms with Gasteiger partial charge in [0.05, 0.1) is 22.0 Å². The molecular weight excluding hydrogens is 571 g/mol. The predicted molar refractivity (Wildman–Crippen MR) is 183 cm³/mol. The van der Waals surface area contributed by atoms with Crippen LogP contribution in [-0.4, -0.2) is 9.97 Å². The number of para-hydroxylation sites is 1. The van der Waals surface area contributed by atoms with E-state index < -0.39 is 7.14 Å². The van der Waals surface area contributed by atoms with Crippen molar-refractivity contribution in [3.63, 3.8) is 0 Å². The standard InChI is InChI=1S/C40H27N2O2P/c43-45(33-19-8-3-9-20-33)38-22-11-10-21-36(38)44-37-26-31(23-24-39(37)45)30-17-12-18-32(25-30)35-27-34(28-13-4-1-5-14-28)41-40(42-35)29-15-6-2-7-16-29/h1-27H. The van der Waals surface area contributed by atoms with E-state index in [2.05, 4.69) is 30.3 Å². The quantitative estimate of drug-likeness (QED) is 0.186. The minimum atomic E-state index is -3.13. The lowest BCUT2D eigenvalue weighted by Crippen LogP contribution is -2.30. The highest BCUT2D eigenvalue weighted by molar-refractivity contribution is 7.85. The fourth-order valence-corrected chi connectivity index (χ4v) is 8.77. The van der Waals surface area contributed by atoms with E-state index in [0.717, 1.165) is 49.8 Å². The molecule has 5 heteroatoms.